The fourth-order valence-corrected chi connectivity index (χ4v) is 0.642. The van der Waals surface area contributed by atoms with E-state index in [2.05, 4.69) is 9.53 Å². The van der Waals surface area contributed by atoms with Crippen LogP contribution in [0.25, 0.3) is 5.53 Å². The van der Waals surface area contributed by atoms with E-state index < -0.39 is 12.1 Å². The second kappa shape index (κ2) is 5.46. The van der Waals surface area contributed by atoms with Crippen LogP contribution in [0.15, 0.2) is 0 Å². The summed E-state index contributed by atoms with van der Waals surface area (Å²) in [5.74, 6) is -0.783. The third kappa shape index (κ3) is 2.82. The van der Waals surface area contributed by atoms with E-state index in [1.807, 2.05) is 0 Å². The molecule has 0 saturated carbocycles. The molecule has 0 aromatic heterocycles. The van der Waals surface area contributed by atoms with E-state index >= 15 is 0 Å². The summed E-state index contributed by atoms with van der Waals surface area (Å²) in [5, 5.41) is 9.12. The number of hydrogen-bond acceptors (Lipinski definition) is 3. The lowest BCUT2D eigenvalue weighted by atomic mass is 10.2. The molecule has 0 aromatic carbocycles. The van der Waals surface area contributed by atoms with Crippen molar-refractivity contribution in [3.63, 3.8) is 0 Å². The van der Waals surface area contributed by atoms with Crippen molar-refractivity contribution in [2.24, 2.45) is 0 Å². The number of rotatable bonds is 4. The van der Waals surface area contributed by atoms with E-state index in [-0.39, 0.29) is 12.3 Å². The van der Waals surface area contributed by atoms with Gasteiger partial charge in [-0.1, -0.05) is 6.92 Å². The number of hydrogen-bond donors (Lipinski definition) is 1. The Labute approximate surface area is 70.6 Å². The van der Waals surface area contributed by atoms with Gasteiger partial charge in [-0.25, -0.2) is 4.79 Å². The van der Waals surface area contributed by atoms with Gasteiger partial charge in [0.1, 0.15) is 0 Å². The van der Waals surface area contributed by atoms with E-state index in [1.165, 1.54) is 0 Å². The summed E-state index contributed by atoms with van der Waals surface area (Å²) in [6, 6.07) is 0. The van der Waals surface area contributed by atoms with Gasteiger partial charge in [0.25, 0.3) is 0 Å². The minimum absolute atomic E-state index is 0.189. The highest BCUT2D eigenvalue weighted by atomic mass is 16.5. The van der Waals surface area contributed by atoms with Gasteiger partial charge in [0.05, 0.1) is 6.61 Å². The second-order valence-electron chi connectivity index (χ2n) is 2.13. The molecule has 0 heterocycles. The standard InChI is InChI=1S/C7H12N2O3/c1-3-5(10)6(9-8)7(11)12-4-2/h5,10H,3-4H2,1-2H3. The summed E-state index contributed by atoms with van der Waals surface area (Å²) in [6.07, 6.45) is -0.757. The third-order valence-electron chi connectivity index (χ3n) is 1.29. The molecule has 0 rings (SSSR count). The number of carbonyl (C=O) groups is 1. The van der Waals surface area contributed by atoms with Crippen molar-refractivity contribution in [3.8, 4) is 0 Å². The molecule has 1 atom stereocenters. The van der Waals surface area contributed by atoms with E-state index in [9.17, 15) is 4.79 Å². The maximum absolute atomic E-state index is 10.9. The molecule has 0 amide bonds. The monoisotopic (exact) mass is 172 g/mol. The van der Waals surface area contributed by atoms with Gasteiger partial charge in [0.15, 0.2) is 6.10 Å². The Morgan fingerprint density at radius 2 is 2.25 bits per heavy atom. The zero-order valence-corrected chi connectivity index (χ0v) is 7.15. The Bertz CT molecular complexity index is 209. The zero-order valence-electron chi connectivity index (χ0n) is 7.15. The molecule has 0 aliphatic rings. The fraction of sp³-hybridized carbons (Fsp3) is 0.714. The lowest BCUT2D eigenvalue weighted by Crippen LogP contribution is -2.30. The Morgan fingerprint density at radius 3 is 2.58 bits per heavy atom. The molecule has 5 nitrogen and oxygen atoms in total. The molecular weight excluding hydrogens is 160 g/mol. The van der Waals surface area contributed by atoms with Crippen molar-refractivity contribution in [1.82, 2.24) is 0 Å². The molecular formula is C7H12N2O3. The van der Waals surface area contributed by atoms with Crippen molar-refractivity contribution < 1.29 is 19.4 Å². The first-order valence-electron chi connectivity index (χ1n) is 3.74. The van der Waals surface area contributed by atoms with E-state index in [1.54, 1.807) is 13.8 Å². The Balaban J connectivity index is 4.37. The van der Waals surface area contributed by atoms with Crippen molar-refractivity contribution in [2.45, 2.75) is 26.4 Å². The van der Waals surface area contributed by atoms with Crippen molar-refractivity contribution in [3.05, 3.63) is 5.53 Å². The van der Waals surface area contributed by atoms with Crippen LogP contribution in [-0.4, -0.2) is 34.3 Å². The maximum atomic E-state index is 10.9. The van der Waals surface area contributed by atoms with Gasteiger partial charge in [-0.2, -0.15) is 4.79 Å². The highest BCUT2D eigenvalue weighted by Crippen LogP contribution is 1.94. The van der Waals surface area contributed by atoms with Crippen LogP contribution in [0.1, 0.15) is 20.3 Å². The van der Waals surface area contributed by atoms with E-state index in [0.717, 1.165) is 0 Å². The van der Waals surface area contributed by atoms with Crippen LogP contribution in [0.5, 0.6) is 0 Å². The van der Waals surface area contributed by atoms with Crippen molar-refractivity contribution in [1.29, 1.82) is 0 Å². The molecule has 0 aliphatic heterocycles. The average Bonchev–Trinajstić information content (AvgIpc) is 2.06. The van der Waals surface area contributed by atoms with Crippen LogP contribution >= 0.6 is 0 Å². The van der Waals surface area contributed by atoms with E-state index in [4.69, 9.17) is 10.6 Å². The highest BCUT2D eigenvalue weighted by molar-refractivity contribution is 6.35. The van der Waals surface area contributed by atoms with Crippen LogP contribution < -0.4 is 0 Å². The number of carbonyl (C=O) groups excluding carboxylic acids is 1. The van der Waals surface area contributed by atoms with Gasteiger partial charge in [0, 0.05) is 0 Å². The van der Waals surface area contributed by atoms with Crippen LogP contribution in [0.3, 0.4) is 0 Å². The first kappa shape index (κ1) is 10.8. The lowest BCUT2D eigenvalue weighted by Gasteiger charge is -2.01. The van der Waals surface area contributed by atoms with Gasteiger partial charge in [0.2, 0.25) is 0 Å². The molecule has 1 unspecified atom stereocenters. The molecule has 0 aliphatic carbocycles. The second-order valence-corrected chi connectivity index (χ2v) is 2.13. The number of ether oxygens (including phenoxy) is 1. The van der Waals surface area contributed by atoms with Crippen LogP contribution in [0.4, 0.5) is 0 Å². The highest BCUT2D eigenvalue weighted by Gasteiger charge is 2.29. The van der Waals surface area contributed by atoms with Gasteiger partial charge in [-0.3, -0.25) is 0 Å². The summed E-state index contributed by atoms with van der Waals surface area (Å²) in [5.41, 5.74) is 8.00. The largest absolute Gasteiger partial charge is 0.457 e. The average molecular weight is 172 g/mol. The molecule has 5 heteroatoms. The summed E-state index contributed by atoms with van der Waals surface area (Å²) in [6.45, 7) is 3.48. The SMILES string of the molecule is CCOC(=O)C(=[N+]=[N-])C(O)CC. The number of nitrogens with zero attached hydrogens (tertiary/aromatic N) is 2. The van der Waals surface area contributed by atoms with Gasteiger partial charge in [-0.05, 0) is 13.3 Å². The summed E-state index contributed by atoms with van der Waals surface area (Å²) < 4.78 is 4.53. The number of esters is 1. The molecule has 0 spiro atoms. The van der Waals surface area contributed by atoms with Gasteiger partial charge in [-0.15, -0.1) is 0 Å². The van der Waals surface area contributed by atoms with Crippen LogP contribution in [0.2, 0.25) is 0 Å². The minimum Gasteiger partial charge on any atom is -0.457 e. The molecule has 68 valence electrons. The molecule has 1 N–H and O–H groups in total. The molecule has 12 heavy (non-hydrogen) atoms. The minimum atomic E-state index is -1.06. The topological polar surface area (TPSA) is 82.9 Å². The zero-order chi connectivity index (χ0) is 9.56. The number of aliphatic hydroxyl groups is 1. The number of aliphatic hydroxyl groups excluding tert-OH is 1. The third-order valence-corrected chi connectivity index (χ3v) is 1.29. The summed E-state index contributed by atoms with van der Waals surface area (Å²) in [7, 11) is 0. The Hall–Kier alpha value is -1.19. The van der Waals surface area contributed by atoms with Crippen LogP contribution in [-0.2, 0) is 9.53 Å². The van der Waals surface area contributed by atoms with E-state index in [0.29, 0.717) is 6.42 Å². The molecule has 0 radical (unpaired) electrons. The quantitative estimate of drug-likeness (QED) is 0.280. The predicted molar refractivity (Wildman–Crippen MR) is 41.6 cm³/mol. The molecule has 0 bridgehead atoms. The fourth-order valence-electron chi connectivity index (χ4n) is 0.642. The smallest absolute Gasteiger partial charge is 0.419 e. The molecule has 0 aromatic rings. The summed E-state index contributed by atoms with van der Waals surface area (Å²) in [4.78, 5) is 13.6. The van der Waals surface area contributed by atoms with Gasteiger partial charge >= 0.3 is 11.7 Å². The predicted octanol–water partition coefficient (Wildman–Crippen LogP) is -0.00880. The normalized spacial score (nSPS) is 11.6. The molecule has 0 fully saturated rings. The first-order chi connectivity index (χ1) is 5.67. The lowest BCUT2D eigenvalue weighted by molar-refractivity contribution is -0.141. The van der Waals surface area contributed by atoms with Crippen LogP contribution in [0, 0.1) is 0 Å². The first-order valence-corrected chi connectivity index (χ1v) is 3.74. The summed E-state index contributed by atoms with van der Waals surface area (Å²) >= 11 is 0. The Kier molecular flexibility index (Phi) is 4.92. The van der Waals surface area contributed by atoms with Gasteiger partial charge < -0.3 is 15.4 Å². The van der Waals surface area contributed by atoms with Crippen molar-refractivity contribution in [2.75, 3.05) is 6.61 Å². The maximum Gasteiger partial charge on any atom is 0.419 e. The molecule has 0 saturated heterocycles. The van der Waals surface area contributed by atoms with Crippen molar-refractivity contribution >= 4 is 11.7 Å². The Morgan fingerprint density at radius 1 is 1.67 bits per heavy atom.